The largest absolute Gasteiger partial charge is 0.384 e. The molecule has 0 aromatic carbocycles. The maximum absolute atomic E-state index is 10.1. The van der Waals surface area contributed by atoms with Crippen molar-refractivity contribution in [2.75, 3.05) is 0 Å². The topological polar surface area (TPSA) is 33.1 Å². The summed E-state index contributed by atoms with van der Waals surface area (Å²) in [5.41, 5.74) is 2.38. The van der Waals surface area contributed by atoms with Crippen LogP contribution in [-0.4, -0.2) is 10.1 Å². The lowest BCUT2D eigenvalue weighted by atomic mass is 9.84. The van der Waals surface area contributed by atoms with E-state index in [0.29, 0.717) is 0 Å². The molecule has 2 heteroatoms. The SMILES string of the molecule is Cc1ccc2c(n1)[C@@](C)(O)CCC2. The van der Waals surface area contributed by atoms with Crippen molar-refractivity contribution in [3.8, 4) is 0 Å². The highest BCUT2D eigenvalue weighted by Crippen LogP contribution is 2.33. The van der Waals surface area contributed by atoms with Crippen LogP contribution in [0, 0.1) is 6.92 Å². The lowest BCUT2D eigenvalue weighted by molar-refractivity contribution is 0.0338. The van der Waals surface area contributed by atoms with Crippen molar-refractivity contribution in [1.82, 2.24) is 4.98 Å². The maximum atomic E-state index is 10.1. The number of aliphatic hydroxyl groups is 1. The second-order valence-corrected chi connectivity index (χ2v) is 4.09. The summed E-state index contributed by atoms with van der Waals surface area (Å²) in [6.45, 7) is 3.82. The van der Waals surface area contributed by atoms with Gasteiger partial charge in [0.15, 0.2) is 0 Å². The van der Waals surface area contributed by atoms with Gasteiger partial charge in [0.25, 0.3) is 0 Å². The van der Waals surface area contributed by atoms with Crippen LogP contribution in [0.15, 0.2) is 12.1 Å². The van der Waals surface area contributed by atoms with Crippen molar-refractivity contribution >= 4 is 0 Å². The molecular weight excluding hydrogens is 162 g/mol. The number of aromatic nitrogens is 1. The minimum Gasteiger partial charge on any atom is -0.384 e. The average molecular weight is 177 g/mol. The molecule has 0 amide bonds. The first-order valence-corrected chi connectivity index (χ1v) is 4.79. The zero-order valence-electron chi connectivity index (χ0n) is 8.17. The number of hydrogen-bond donors (Lipinski definition) is 1. The van der Waals surface area contributed by atoms with Crippen LogP contribution >= 0.6 is 0 Å². The molecule has 0 fully saturated rings. The van der Waals surface area contributed by atoms with Gasteiger partial charge in [-0.25, -0.2) is 0 Å². The molecule has 0 radical (unpaired) electrons. The summed E-state index contributed by atoms with van der Waals surface area (Å²) >= 11 is 0. The molecule has 0 bridgehead atoms. The first-order valence-electron chi connectivity index (χ1n) is 4.79. The minimum absolute atomic E-state index is 0.709. The molecule has 13 heavy (non-hydrogen) atoms. The molecule has 1 aromatic rings. The number of nitrogens with zero attached hydrogens (tertiary/aromatic N) is 1. The minimum atomic E-state index is -0.709. The van der Waals surface area contributed by atoms with Gasteiger partial charge in [-0.05, 0) is 44.7 Å². The van der Waals surface area contributed by atoms with Gasteiger partial charge >= 0.3 is 0 Å². The van der Waals surface area contributed by atoms with E-state index in [-0.39, 0.29) is 0 Å². The lowest BCUT2D eigenvalue weighted by Gasteiger charge is -2.29. The number of rotatable bonds is 0. The summed E-state index contributed by atoms with van der Waals surface area (Å²) in [4.78, 5) is 4.42. The summed E-state index contributed by atoms with van der Waals surface area (Å²) in [6, 6.07) is 4.10. The van der Waals surface area contributed by atoms with Crippen molar-refractivity contribution in [2.24, 2.45) is 0 Å². The fourth-order valence-electron chi connectivity index (χ4n) is 2.00. The van der Waals surface area contributed by atoms with Gasteiger partial charge in [0.1, 0.15) is 5.60 Å². The Morgan fingerprint density at radius 2 is 2.23 bits per heavy atom. The Kier molecular flexibility index (Phi) is 1.88. The Labute approximate surface area is 78.6 Å². The Morgan fingerprint density at radius 1 is 1.46 bits per heavy atom. The first kappa shape index (κ1) is 8.70. The molecule has 1 aliphatic rings. The molecule has 0 unspecified atom stereocenters. The van der Waals surface area contributed by atoms with Gasteiger partial charge in [0.05, 0.1) is 5.69 Å². The van der Waals surface area contributed by atoms with Crippen LogP contribution in [0.4, 0.5) is 0 Å². The van der Waals surface area contributed by atoms with Gasteiger partial charge < -0.3 is 5.11 Å². The summed E-state index contributed by atoms with van der Waals surface area (Å²) in [7, 11) is 0. The average Bonchev–Trinajstić information content (AvgIpc) is 2.06. The zero-order chi connectivity index (χ0) is 9.47. The van der Waals surface area contributed by atoms with E-state index in [1.165, 1.54) is 5.56 Å². The fraction of sp³-hybridized carbons (Fsp3) is 0.545. The molecule has 0 aliphatic heterocycles. The van der Waals surface area contributed by atoms with E-state index in [1.807, 2.05) is 19.9 Å². The maximum Gasteiger partial charge on any atom is 0.104 e. The van der Waals surface area contributed by atoms with Gasteiger partial charge in [0.2, 0.25) is 0 Å². The lowest BCUT2D eigenvalue weighted by Crippen LogP contribution is -2.28. The normalized spacial score (nSPS) is 27.0. The van der Waals surface area contributed by atoms with Gasteiger partial charge in [-0.1, -0.05) is 6.07 Å². The van der Waals surface area contributed by atoms with E-state index >= 15 is 0 Å². The van der Waals surface area contributed by atoms with E-state index in [0.717, 1.165) is 30.7 Å². The van der Waals surface area contributed by atoms with Gasteiger partial charge in [-0.15, -0.1) is 0 Å². The third-order valence-corrected chi connectivity index (χ3v) is 2.74. The predicted octanol–water partition coefficient (Wildman–Crippen LogP) is 1.93. The Morgan fingerprint density at radius 3 is 3.00 bits per heavy atom. The van der Waals surface area contributed by atoms with E-state index in [4.69, 9.17) is 0 Å². The molecule has 1 aliphatic carbocycles. The molecule has 1 heterocycles. The Hall–Kier alpha value is -0.890. The van der Waals surface area contributed by atoms with E-state index in [9.17, 15) is 5.11 Å². The molecule has 2 rings (SSSR count). The van der Waals surface area contributed by atoms with Crippen LogP contribution in [0.3, 0.4) is 0 Å². The van der Waals surface area contributed by atoms with Crippen LogP contribution in [0.25, 0.3) is 0 Å². The number of hydrogen-bond acceptors (Lipinski definition) is 2. The smallest absolute Gasteiger partial charge is 0.104 e. The molecule has 1 aromatic heterocycles. The fourth-order valence-corrected chi connectivity index (χ4v) is 2.00. The molecule has 0 saturated heterocycles. The predicted molar refractivity (Wildman–Crippen MR) is 51.5 cm³/mol. The third kappa shape index (κ3) is 1.46. The first-order chi connectivity index (χ1) is 6.09. The second-order valence-electron chi connectivity index (χ2n) is 4.09. The number of fused-ring (bicyclic) bond motifs is 1. The Bertz CT molecular complexity index is 331. The van der Waals surface area contributed by atoms with Crippen LogP contribution in [0.1, 0.15) is 36.7 Å². The number of pyridine rings is 1. The van der Waals surface area contributed by atoms with Crippen LogP contribution in [0.2, 0.25) is 0 Å². The van der Waals surface area contributed by atoms with Crippen molar-refractivity contribution in [3.63, 3.8) is 0 Å². The highest BCUT2D eigenvalue weighted by atomic mass is 16.3. The highest BCUT2D eigenvalue weighted by Gasteiger charge is 2.30. The van der Waals surface area contributed by atoms with Crippen LogP contribution in [0.5, 0.6) is 0 Å². The van der Waals surface area contributed by atoms with Crippen molar-refractivity contribution in [1.29, 1.82) is 0 Å². The summed E-state index contributed by atoms with van der Waals surface area (Å²) < 4.78 is 0. The molecule has 1 atom stereocenters. The monoisotopic (exact) mass is 177 g/mol. The van der Waals surface area contributed by atoms with E-state index in [1.54, 1.807) is 0 Å². The molecule has 70 valence electrons. The quantitative estimate of drug-likeness (QED) is 0.657. The molecule has 2 nitrogen and oxygen atoms in total. The highest BCUT2D eigenvalue weighted by molar-refractivity contribution is 5.29. The van der Waals surface area contributed by atoms with Crippen molar-refractivity contribution < 1.29 is 5.11 Å². The molecule has 1 N–H and O–H groups in total. The van der Waals surface area contributed by atoms with Crippen molar-refractivity contribution in [3.05, 3.63) is 29.1 Å². The van der Waals surface area contributed by atoms with Crippen LogP contribution < -0.4 is 0 Å². The van der Waals surface area contributed by atoms with Crippen LogP contribution in [-0.2, 0) is 12.0 Å². The molecule has 0 saturated carbocycles. The molecular formula is C11H15NO. The zero-order valence-corrected chi connectivity index (χ0v) is 8.17. The standard InChI is InChI=1S/C11H15NO/c1-8-5-6-9-4-3-7-11(2,13)10(9)12-8/h5-6,13H,3-4,7H2,1-2H3/t11-/m0/s1. The van der Waals surface area contributed by atoms with E-state index in [2.05, 4.69) is 11.1 Å². The third-order valence-electron chi connectivity index (χ3n) is 2.74. The summed E-state index contributed by atoms with van der Waals surface area (Å²) in [5, 5.41) is 10.1. The van der Waals surface area contributed by atoms with E-state index < -0.39 is 5.60 Å². The Balaban J connectivity index is 2.55. The molecule has 0 spiro atoms. The van der Waals surface area contributed by atoms with Gasteiger partial charge in [0, 0.05) is 5.69 Å². The van der Waals surface area contributed by atoms with Gasteiger partial charge in [-0.2, -0.15) is 0 Å². The van der Waals surface area contributed by atoms with Crippen molar-refractivity contribution in [2.45, 2.75) is 38.7 Å². The number of aryl methyl sites for hydroxylation is 2. The summed E-state index contributed by atoms with van der Waals surface area (Å²) in [6.07, 6.45) is 2.94. The summed E-state index contributed by atoms with van der Waals surface area (Å²) in [5.74, 6) is 0. The second kappa shape index (κ2) is 2.81. The van der Waals surface area contributed by atoms with Gasteiger partial charge in [-0.3, -0.25) is 4.98 Å².